The van der Waals surface area contributed by atoms with Crippen LogP contribution in [0, 0.1) is 13.8 Å². The highest BCUT2D eigenvalue weighted by Crippen LogP contribution is 2.26. The third kappa shape index (κ3) is 2.57. The maximum Gasteiger partial charge on any atom is 0.213 e. The van der Waals surface area contributed by atoms with Crippen LogP contribution in [0.4, 0.5) is 0 Å². The standard InChI is InChI=1S/C19H19N2/c1-14-6-4-5-7-18(14)19-13-17(12-15(2)21(19)3)16-8-10-20-11-9-16/h4-13H,1-3H3/q+1. The van der Waals surface area contributed by atoms with Crippen LogP contribution in [0.1, 0.15) is 11.3 Å². The van der Waals surface area contributed by atoms with E-state index in [1.807, 2.05) is 12.4 Å². The van der Waals surface area contributed by atoms with E-state index in [1.165, 1.54) is 33.6 Å². The van der Waals surface area contributed by atoms with Crippen molar-refractivity contribution in [3.05, 3.63) is 72.2 Å². The maximum atomic E-state index is 4.10. The number of pyridine rings is 2. The first-order valence-electron chi connectivity index (χ1n) is 7.14. The molecule has 2 nitrogen and oxygen atoms in total. The van der Waals surface area contributed by atoms with Crippen LogP contribution in [0.15, 0.2) is 60.9 Å². The third-order valence-electron chi connectivity index (χ3n) is 3.98. The van der Waals surface area contributed by atoms with E-state index in [2.05, 4.69) is 79.0 Å². The molecule has 3 aromatic rings. The van der Waals surface area contributed by atoms with Gasteiger partial charge in [0, 0.05) is 37.0 Å². The molecule has 0 aliphatic carbocycles. The summed E-state index contributed by atoms with van der Waals surface area (Å²) in [6.07, 6.45) is 3.68. The molecule has 0 N–H and O–H groups in total. The van der Waals surface area contributed by atoms with E-state index in [1.54, 1.807) is 0 Å². The molecule has 0 fully saturated rings. The highest BCUT2D eigenvalue weighted by Gasteiger charge is 2.16. The lowest BCUT2D eigenvalue weighted by molar-refractivity contribution is -0.666. The fraction of sp³-hybridized carbons (Fsp3) is 0.158. The van der Waals surface area contributed by atoms with Gasteiger partial charge in [0.05, 0.1) is 0 Å². The van der Waals surface area contributed by atoms with Crippen molar-refractivity contribution in [2.75, 3.05) is 0 Å². The second kappa shape index (κ2) is 5.49. The van der Waals surface area contributed by atoms with Gasteiger partial charge in [-0.05, 0) is 41.8 Å². The van der Waals surface area contributed by atoms with Crippen LogP contribution < -0.4 is 4.57 Å². The number of aromatic nitrogens is 2. The van der Waals surface area contributed by atoms with Gasteiger partial charge in [-0.25, -0.2) is 0 Å². The normalized spacial score (nSPS) is 10.6. The number of nitrogens with zero attached hydrogens (tertiary/aromatic N) is 2. The van der Waals surface area contributed by atoms with Crippen molar-refractivity contribution in [1.82, 2.24) is 4.98 Å². The van der Waals surface area contributed by atoms with Gasteiger partial charge in [0.1, 0.15) is 7.05 Å². The van der Waals surface area contributed by atoms with E-state index in [-0.39, 0.29) is 0 Å². The molecular weight excluding hydrogens is 256 g/mol. The van der Waals surface area contributed by atoms with Crippen LogP contribution >= 0.6 is 0 Å². The number of hydrogen-bond acceptors (Lipinski definition) is 1. The Morgan fingerprint density at radius 1 is 0.857 bits per heavy atom. The zero-order valence-corrected chi connectivity index (χ0v) is 12.7. The minimum Gasteiger partial charge on any atom is -0.265 e. The second-order valence-corrected chi connectivity index (χ2v) is 5.38. The molecule has 2 aromatic heterocycles. The van der Waals surface area contributed by atoms with Gasteiger partial charge in [0.15, 0.2) is 5.69 Å². The lowest BCUT2D eigenvalue weighted by Gasteiger charge is -2.09. The van der Waals surface area contributed by atoms with Gasteiger partial charge in [-0.1, -0.05) is 18.2 Å². The number of aryl methyl sites for hydroxylation is 2. The minimum absolute atomic E-state index is 1.20. The minimum atomic E-state index is 1.20. The lowest BCUT2D eigenvalue weighted by Crippen LogP contribution is -2.34. The van der Waals surface area contributed by atoms with E-state index in [0.29, 0.717) is 0 Å². The molecule has 0 saturated heterocycles. The second-order valence-electron chi connectivity index (χ2n) is 5.38. The molecule has 104 valence electrons. The Balaban J connectivity index is 2.22. The van der Waals surface area contributed by atoms with Gasteiger partial charge >= 0.3 is 0 Å². The third-order valence-corrected chi connectivity index (χ3v) is 3.98. The zero-order chi connectivity index (χ0) is 14.8. The predicted octanol–water partition coefficient (Wildman–Crippen LogP) is 3.86. The number of rotatable bonds is 2. The van der Waals surface area contributed by atoms with Crippen molar-refractivity contribution >= 4 is 0 Å². The molecule has 2 heteroatoms. The largest absolute Gasteiger partial charge is 0.265 e. The first-order chi connectivity index (χ1) is 10.2. The highest BCUT2D eigenvalue weighted by molar-refractivity contribution is 5.70. The molecule has 0 bridgehead atoms. The van der Waals surface area contributed by atoms with E-state index < -0.39 is 0 Å². The first-order valence-corrected chi connectivity index (χ1v) is 7.14. The topological polar surface area (TPSA) is 16.8 Å². The number of hydrogen-bond donors (Lipinski definition) is 0. The van der Waals surface area contributed by atoms with Crippen molar-refractivity contribution in [3.63, 3.8) is 0 Å². The van der Waals surface area contributed by atoms with E-state index in [4.69, 9.17) is 0 Å². The highest BCUT2D eigenvalue weighted by atomic mass is 14.9. The molecule has 0 aliphatic heterocycles. The van der Waals surface area contributed by atoms with Crippen LogP contribution in [-0.2, 0) is 7.05 Å². The van der Waals surface area contributed by atoms with Crippen LogP contribution in [-0.4, -0.2) is 4.98 Å². The van der Waals surface area contributed by atoms with Crippen molar-refractivity contribution < 1.29 is 4.57 Å². The summed E-state index contributed by atoms with van der Waals surface area (Å²) in [6, 6.07) is 17.1. The van der Waals surface area contributed by atoms with Gasteiger partial charge in [0.25, 0.3) is 0 Å². The van der Waals surface area contributed by atoms with E-state index in [0.717, 1.165) is 0 Å². The molecule has 0 unspecified atom stereocenters. The summed E-state index contributed by atoms with van der Waals surface area (Å²) >= 11 is 0. The summed E-state index contributed by atoms with van der Waals surface area (Å²) in [5, 5.41) is 0. The summed E-state index contributed by atoms with van der Waals surface area (Å²) in [6.45, 7) is 4.30. The molecule has 3 rings (SSSR count). The Morgan fingerprint density at radius 3 is 2.29 bits per heavy atom. The molecule has 0 saturated carbocycles. The molecule has 0 atom stereocenters. The molecule has 0 aliphatic rings. The fourth-order valence-corrected chi connectivity index (χ4v) is 2.63. The predicted molar refractivity (Wildman–Crippen MR) is 85.8 cm³/mol. The summed E-state index contributed by atoms with van der Waals surface area (Å²) in [7, 11) is 2.12. The van der Waals surface area contributed by atoms with Gasteiger partial charge in [-0.15, -0.1) is 0 Å². The molecule has 1 aromatic carbocycles. The Kier molecular flexibility index (Phi) is 3.53. The zero-order valence-electron chi connectivity index (χ0n) is 12.7. The van der Waals surface area contributed by atoms with E-state index in [9.17, 15) is 0 Å². The maximum absolute atomic E-state index is 4.10. The van der Waals surface area contributed by atoms with Crippen LogP contribution in [0.25, 0.3) is 22.4 Å². The van der Waals surface area contributed by atoms with Gasteiger partial charge in [-0.2, -0.15) is 4.57 Å². The summed E-state index contributed by atoms with van der Waals surface area (Å²) in [4.78, 5) is 4.10. The van der Waals surface area contributed by atoms with Crippen LogP contribution in [0.5, 0.6) is 0 Å². The van der Waals surface area contributed by atoms with Crippen molar-refractivity contribution in [2.45, 2.75) is 13.8 Å². The Labute approximate surface area is 125 Å². The SMILES string of the molecule is Cc1ccccc1-c1cc(-c2ccncc2)cc(C)[n+]1C. The molecule has 21 heavy (non-hydrogen) atoms. The lowest BCUT2D eigenvalue weighted by atomic mass is 10.00. The van der Waals surface area contributed by atoms with Gasteiger partial charge < -0.3 is 0 Å². The molecule has 2 heterocycles. The van der Waals surface area contributed by atoms with Crippen LogP contribution in [0.3, 0.4) is 0 Å². The average molecular weight is 275 g/mol. The Morgan fingerprint density at radius 2 is 1.57 bits per heavy atom. The fourth-order valence-electron chi connectivity index (χ4n) is 2.63. The average Bonchev–Trinajstić information content (AvgIpc) is 2.51. The Hall–Kier alpha value is -2.48. The van der Waals surface area contributed by atoms with Gasteiger partial charge in [0.2, 0.25) is 5.69 Å². The molecule has 0 radical (unpaired) electrons. The smallest absolute Gasteiger partial charge is 0.213 e. The Bertz CT molecular complexity index is 777. The number of benzene rings is 1. The molecule has 0 spiro atoms. The molecular formula is C19H19N2+. The summed E-state index contributed by atoms with van der Waals surface area (Å²) in [5.41, 5.74) is 7.47. The van der Waals surface area contributed by atoms with Crippen molar-refractivity contribution in [1.29, 1.82) is 0 Å². The summed E-state index contributed by atoms with van der Waals surface area (Å²) in [5.74, 6) is 0. The van der Waals surface area contributed by atoms with Crippen molar-refractivity contribution in [3.8, 4) is 22.4 Å². The summed E-state index contributed by atoms with van der Waals surface area (Å²) < 4.78 is 2.24. The molecule has 0 amide bonds. The quantitative estimate of drug-likeness (QED) is 0.649. The van der Waals surface area contributed by atoms with Crippen molar-refractivity contribution in [2.24, 2.45) is 7.05 Å². The van der Waals surface area contributed by atoms with Crippen LogP contribution in [0.2, 0.25) is 0 Å². The van der Waals surface area contributed by atoms with Gasteiger partial charge in [-0.3, -0.25) is 4.98 Å². The monoisotopic (exact) mass is 275 g/mol. The van der Waals surface area contributed by atoms with E-state index >= 15 is 0 Å². The first kappa shape index (κ1) is 13.5.